The molecule has 0 amide bonds. The van der Waals surface area contributed by atoms with E-state index in [0.717, 1.165) is 23.1 Å². The number of pyridine rings is 1. The van der Waals surface area contributed by atoms with E-state index in [1.165, 1.54) is 4.52 Å². The average Bonchev–Trinajstić information content (AvgIpc) is 3.24. The Balaban J connectivity index is 1.84. The van der Waals surface area contributed by atoms with Crippen molar-refractivity contribution in [2.24, 2.45) is 0 Å². The van der Waals surface area contributed by atoms with E-state index in [4.69, 9.17) is 9.47 Å². The highest BCUT2D eigenvalue weighted by Gasteiger charge is 2.18. The molecular weight excluding hydrogens is 366 g/mol. The first kappa shape index (κ1) is 15.8. The highest BCUT2D eigenvalue weighted by molar-refractivity contribution is 7.92. The molecule has 0 spiro atoms. The normalized spacial score (nSPS) is 12.1. The number of aromatic nitrogens is 5. The summed E-state index contributed by atoms with van der Waals surface area (Å²) >= 11 is 1.01. The fourth-order valence-electron chi connectivity index (χ4n) is 2.39. The lowest BCUT2D eigenvalue weighted by Crippen LogP contribution is -1.96. The van der Waals surface area contributed by atoms with Gasteiger partial charge in [-0.2, -0.15) is 5.10 Å². The van der Waals surface area contributed by atoms with E-state index in [2.05, 4.69) is 15.2 Å². The highest BCUT2D eigenvalue weighted by Crippen LogP contribution is 2.30. The van der Waals surface area contributed by atoms with Gasteiger partial charge in [-0.1, -0.05) is 11.3 Å². The maximum absolute atomic E-state index is 11.6. The van der Waals surface area contributed by atoms with Crippen LogP contribution in [0.4, 0.5) is 0 Å². The standard InChI is InChI=1S/C14H13N5O4S2/c1-22-8-4-12(23-2)11-5-9(16-18(11)6-8)10-7-19-13(15-10)24-14(17-19)25(3,20)21/h4-7H,1-3H3. The molecule has 0 aliphatic carbocycles. The minimum absolute atomic E-state index is 0.0305. The van der Waals surface area contributed by atoms with Gasteiger partial charge in [-0.3, -0.25) is 0 Å². The summed E-state index contributed by atoms with van der Waals surface area (Å²) < 4.78 is 36.9. The number of methoxy groups -OCH3 is 2. The minimum atomic E-state index is -3.35. The van der Waals surface area contributed by atoms with Crippen molar-refractivity contribution in [3.63, 3.8) is 0 Å². The monoisotopic (exact) mass is 379 g/mol. The van der Waals surface area contributed by atoms with Crippen LogP contribution in [-0.4, -0.2) is 53.1 Å². The van der Waals surface area contributed by atoms with Crippen LogP contribution in [0.5, 0.6) is 11.5 Å². The third-order valence-corrected chi connectivity index (χ3v) is 6.16. The van der Waals surface area contributed by atoms with E-state index in [1.807, 2.05) is 6.07 Å². The fourth-order valence-corrected chi connectivity index (χ4v) is 4.07. The maximum atomic E-state index is 11.6. The van der Waals surface area contributed by atoms with E-state index in [1.54, 1.807) is 37.2 Å². The third-order valence-electron chi connectivity index (χ3n) is 3.57. The molecule has 0 aliphatic heterocycles. The Labute approximate surface area is 146 Å². The predicted octanol–water partition coefficient (Wildman–Crippen LogP) is 1.53. The Bertz CT molecular complexity index is 1170. The molecule has 4 rings (SSSR count). The number of hydrogen-bond donors (Lipinski definition) is 0. The van der Waals surface area contributed by atoms with Gasteiger partial charge in [0, 0.05) is 12.3 Å². The van der Waals surface area contributed by atoms with Crippen molar-refractivity contribution in [2.75, 3.05) is 20.5 Å². The van der Waals surface area contributed by atoms with Crippen molar-refractivity contribution in [3.05, 3.63) is 24.5 Å². The maximum Gasteiger partial charge on any atom is 0.232 e. The molecule has 4 aromatic heterocycles. The summed E-state index contributed by atoms with van der Waals surface area (Å²) in [5.74, 6) is 1.24. The zero-order valence-electron chi connectivity index (χ0n) is 13.5. The summed E-state index contributed by atoms with van der Waals surface area (Å²) in [7, 11) is -0.210. The van der Waals surface area contributed by atoms with Crippen LogP contribution in [0.3, 0.4) is 0 Å². The van der Waals surface area contributed by atoms with E-state index in [-0.39, 0.29) is 4.34 Å². The first-order chi connectivity index (χ1) is 11.9. The molecule has 4 aromatic rings. The number of hydrogen-bond acceptors (Lipinski definition) is 8. The summed E-state index contributed by atoms with van der Waals surface area (Å²) in [6.07, 6.45) is 4.50. The molecule has 130 valence electrons. The second kappa shape index (κ2) is 5.43. The van der Waals surface area contributed by atoms with Crippen molar-refractivity contribution in [3.8, 4) is 22.9 Å². The molecule has 4 heterocycles. The van der Waals surface area contributed by atoms with Gasteiger partial charge in [-0.15, -0.1) is 5.10 Å². The molecule has 0 atom stereocenters. The van der Waals surface area contributed by atoms with Crippen LogP contribution in [0, 0.1) is 0 Å². The van der Waals surface area contributed by atoms with Crippen LogP contribution in [0.2, 0.25) is 0 Å². The Hall–Kier alpha value is -2.66. The average molecular weight is 379 g/mol. The number of imidazole rings is 1. The number of rotatable bonds is 4. The van der Waals surface area contributed by atoms with Crippen LogP contribution >= 0.6 is 11.3 Å². The highest BCUT2D eigenvalue weighted by atomic mass is 32.2. The first-order valence-electron chi connectivity index (χ1n) is 7.07. The van der Waals surface area contributed by atoms with E-state index in [0.29, 0.717) is 27.8 Å². The molecule has 0 saturated carbocycles. The van der Waals surface area contributed by atoms with Crippen LogP contribution in [0.15, 0.2) is 28.9 Å². The van der Waals surface area contributed by atoms with Crippen LogP contribution in [0.1, 0.15) is 0 Å². The van der Waals surface area contributed by atoms with E-state index >= 15 is 0 Å². The van der Waals surface area contributed by atoms with Gasteiger partial charge in [0.1, 0.15) is 28.4 Å². The molecule has 0 bridgehead atoms. The number of fused-ring (bicyclic) bond motifs is 2. The molecule has 0 aromatic carbocycles. The summed E-state index contributed by atoms with van der Waals surface area (Å²) in [4.78, 5) is 4.90. The summed E-state index contributed by atoms with van der Waals surface area (Å²) in [5.41, 5.74) is 1.97. The van der Waals surface area contributed by atoms with Crippen LogP contribution in [0.25, 0.3) is 21.9 Å². The summed E-state index contributed by atoms with van der Waals surface area (Å²) in [5, 5.41) is 8.54. The van der Waals surface area contributed by atoms with Gasteiger partial charge < -0.3 is 9.47 Å². The van der Waals surface area contributed by atoms with Gasteiger partial charge in [0.25, 0.3) is 0 Å². The van der Waals surface area contributed by atoms with Crippen LogP contribution in [-0.2, 0) is 9.84 Å². The molecule has 0 radical (unpaired) electrons. The number of ether oxygens (including phenoxy) is 2. The molecular formula is C14H13N5O4S2. The quantitative estimate of drug-likeness (QED) is 0.530. The number of nitrogens with zero attached hydrogens (tertiary/aromatic N) is 5. The lowest BCUT2D eigenvalue weighted by molar-refractivity contribution is 0.392. The van der Waals surface area contributed by atoms with Gasteiger partial charge >= 0.3 is 0 Å². The van der Waals surface area contributed by atoms with Gasteiger partial charge in [-0.25, -0.2) is 22.4 Å². The van der Waals surface area contributed by atoms with E-state index in [9.17, 15) is 8.42 Å². The molecule has 0 saturated heterocycles. The zero-order chi connectivity index (χ0) is 17.8. The Morgan fingerprint density at radius 3 is 2.48 bits per heavy atom. The molecule has 9 nitrogen and oxygen atoms in total. The van der Waals surface area contributed by atoms with Gasteiger partial charge in [0.05, 0.1) is 26.6 Å². The molecule has 0 unspecified atom stereocenters. The lowest BCUT2D eigenvalue weighted by Gasteiger charge is -2.05. The molecule has 0 fully saturated rings. The molecule has 25 heavy (non-hydrogen) atoms. The first-order valence-corrected chi connectivity index (χ1v) is 9.78. The van der Waals surface area contributed by atoms with Crippen molar-refractivity contribution in [1.82, 2.24) is 24.2 Å². The molecule has 0 aliphatic rings. The SMILES string of the molecule is COc1cc(OC)c2cc(-c3cn4nc(S(C)(=O)=O)sc4n3)nn2c1. The lowest BCUT2D eigenvalue weighted by atomic mass is 10.3. The van der Waals surface area contributed by atoms with Crippen molar-refractivity contribution in [1.29, 1.82) is 0 Å². The predicted molar refractivity (Wildman–Crippen MR) is 91.3 cm³/mol. The van der Waals surface area contributed by atoms with Gasteiger partial charge in [0.15, 0.2) is 0 Å². The third kappa shape index (κ3) is 2.61. The van der Waals surface area contributed by atoms with Gasteiger partial charge in [-0.05, 0) is 6.07 Å². The zero-order valence-corrected chi connectivity index (χ0v) is 15.1. The second-order valence-corrected chi connectivity index (χ2v) is 8.45. The Morgan fingerprint density at radius 2 is 1.84 bits per heavy atom. The summed E-state index contributed by atoms with van der Waals surface area (Å²) in [6, 6.07) is 3.61. The topological polar surface area (TPSA) is 100 Å². The van der Waals surface area contributed by atoms with E-state index < -0.39 is 9.84 Å². The van der Waals surface area contributed by atoms with Crippen molar-refractivity contribution >= 4 is 31.7 Å². The number of sulfone groups is 1. The van der Waals surface area contributed by atoms with Gasteiger partial charge in [0.2, 0.25) is 19.1 Å². The second-order valence-electron chi connectivity index (χ2n) is 5.30. The van der Waals surface area contributed by atoms with Crippen molar-refractivity contribution < 1.29 is 17.9 Å². The summed E-state index contributed by atoms with van der Waals surface area (Å²) in [6.45, 7) is 0. The van der Waals surface area contributed by atoms with Crippen LogP contribution < -0.4 is 9.47 Å². The fraction of sp³-hybridized carbons (Fsp3) is 0.214. The largest absolute Gasteiger partial charge is 0.495 e. The minimum Gasteiger partial charge on any atom is -0.495 e. The van der Waals surface area contributed by atoms with Crippen molar-refractivity contribution in [2.45, 2.75) is 4.34 Å². The molecule has 0 N–H and O–H groups in total. The smallest absolute Gasteiger partial charge is 0.232 e. The molecule has 11 heteroatoms. The Morgan fingerprint density at radius 1 is 1.04 bits per heavy atom. The Kier molecular flexibility index (Phi) is 3.44.